The molecule has 0 aromatic rings. The summed E-state index contributed by atoms with van der Waals surface area (Å²) >= 11 is 0. The summed E-state index contributed by atoms with van der Waals surface area (Å²) in [6, 6.07) is 0.333. The number of amides is 2. The third kappa shape index (κ3) is 0.911. The third-order valence-corrected chi connectivity index (χ3v) is 1.34. The number of hydrogen-bond donors (Lipinski definition) is 2. The number of urea groups is 1. The van der Waals surface area contributed by atoms with Gasteiger partial charge in [-0.05, 0) is 6.42 Å². The van der Waals surface area contributed by atoms with Gasteiger partial charge in [0.2, 0.25) is 0 Å². The van der Waals surface area contributed by atoms with Crippen LogP contribution in [0.4, 0.5) is 4.79 Å². The van der Waals surface area contributed by atoms with E-state index in [0.717, 1.165) is 13.0 Å². The minimum atomic E-state index is -0.0307. The van der Waals surface area contributed by atoms with E-state index in [1.54, 1.807) is 0 Å². The minimum absolute atomic E-state index is 0.0307. The van der Waals surface area contributed by atoms with E-state index in [0.29, 0.717) is 6.04 Å². The van der Waals surface area contributed by atoms with E-state index in [9.17, 15) is 4.79 Å². The van der Waals surface area contributed by atoms with Crippen LogP contribution in [0.25, 0.3) is 0 Å². The largest absolute Gasteiger partial charge is 0.336 e. The Morgan fingerprint density at radius 2 is 2.62 bits per heavy atom. The predicted octanol–water partition coefficient (Wildman–Crippen LogP) is 0.0778. The molecule has 1 atom stereocenters. The number of hydrogen-bond acceptors (Lipinski definition) is 1. The van der Waals surface area contributed by atoms with Gasteiger partial charge in [0, 0.05) is 12.6 Å². The summed E-state index contributed by atoms with van der Waals surface area (Å²) in [6.07, 6.45) is 1.01. The van der Waals surface area contributed by atoms with Gasteiger partial charge in [-0.25, -0.2) is 4.79 Å². The molecule has 0 bridgehead atoms. The van der Waals surface area contributed by atoms with E-state index < -0.39 is 0 Å². The van der Waals surface area contributed by atoms with Crippen LogP contribution in [-0.4, -0.2) is 18.6 Å². The molecule has 0 aromatic carbocycles. The van der Waals surface area contributed by atoms with Crippen LogP contribution in [0.2, 0.25) is 0 Å². The maximum atomic E-state index is 10.4. The van der Waals surface area contributed by atoms with Crippen LogP contribution in [0.1, 0.15) is 13.3 Å². The molecule has 1 fully saturated rings. The van der Waals surface area contributed by atoms with Gasteiger partial charge in [0.1, 0.15) is 0 Å². The van der Waals surface area contributed by atoms with Crippen LogP contribution in [-0.2, 0) is 0 Å². The average molecular weight is 114 g/mol. The van der Waals surface area contributed by atoms with Crippen LogP contribution in [0.5, 0.6) is 0 Å². The van der Waals surface area contributed by atoms with Crippen LogP contribution in [0.15, 0.2) is 0 Å². The average Bonchev–Trinajstić information content (AvgIpc) is 2.14. The molecule has 8 heavy (non-hydrogen) atoms. The number of carbonyl (C=O) groups excluding carboxylic acids is 1. The summed E-state index contributed by atoms with van der Waals surface area (Å²) < 4.78 is 0. The van der Waals surface area contributed by atoms with Gasteiger partial charge in [0.25, 0.3) is 0 Å². The molecule has 1 rings (SSSR count). The summed E-state index contributed by atoms with van der Waals surface area (Å²) in [6.45, 7) is 2.84. The van der Waals surface area contributed by atoms with Gasteiger partial charge in [0.15, 0.2) is 0 Å². The third-order valence-electron chi connectivity index (χ3n) is 1.34. The van der Waals surface area contributed by atoms with Gasteiger partial charge in [-0.15, -0.1) is 0 Å². The molecule has 0 aromatic heterocycles. The van der Waals surface area contributed by atoms with E-state index in [-0.39, 0.29) is 6.03 Å². The van der Waals surface area contributed by atoms with Crippen molar-refractivity contribution in [3.05, 3.63) is 0 Å². The van der Waals surface area contributed by atoms with Crippen LogP contribution in [0, 0.1) is 0 Å². The Morgan fingerprint density at radius 1 is 1.88 bits per heavy atom. The zero-order valence-corrected chi connectivity index (χ0v) is 4.90. The van der Waals surface area contributed by atoms with Crippen molar-refractivity contribution in [2.24, 2.45) is 0 Å². The molecular weight excluding hydrogens is 104 g/mol. The topological polar surface area (TPSA) is 41.1 Å². The normalized spacial score (nSPS) is 27.1. The lowest BCUT2D eigenvalue weighted by molar-refractivity contribution is 0.247. The van der Waals surface area contributed by atoms with Crippen LogP contribution >= 0.6 is 0 Å². The Hall–Kier alpha value is -0.730. The molecule has 0 saturated carbocycles. The van der Waals surface area contributed by atoms with Crippen molar-refractivity contribution in [1.29, 1.82) is 0 Å². The molecule has 1 heterocycles. The molecule has 0 spiro atoms. The second-order valence-corrected chi connectivity index (χ2v) is 1.96. The van der Waals surface area contributed by atoms with Crippen molar-refractivity contribution in [3.63, 3.8) is 0 Å². The van der Waals surface area contributed by atoms with Crippen LogP contribution in [0.3, 0.4) is 0 Å². The van der Waals surface area contributed by atoms with Crippen molar-refractivity contribution >= 4 is 6.03 Å². The van der Waals surface area contributed by atoms with Gasteiger partial charge in [-0.3, -0.25) is 0 Å². The molecule has 1 saturated heterocycles. The van der Waals surface area contributed by atoms with E-state index in [2.05, 4.69) is 17.6 Å². The van der Waals surface area contributed by atoms with Gasteiger partial charge < -0.3 is 10.6 Å². The molecule has 1 aliphatic heterocycles. The highest BCUT2D eigenvalue weighted by Crippen LogP contribution is 1.93. The van der Waals surface area contributed by atoms with Crippen molar-refractivity contribution in [3.8, 4) is 0 Å². The molecule has 3 nitrogen and oxygen atoms in total. The first kappa shape index (κ1) is 5.41. The summed E-state index contributed by atoms with van der Waals surface area (Å²) in [5.41, 5.74) is 0. The first-order valence-electron chi connectivity index (χ1n) is 2.87. The molecule has 0 aliphatic carbocycles. The quantitative estimate of drug-likeness (QED) is 0.498. The Labute approximate surface area is 48.5 Å². The fourth-order valence-electron chi connectivity index (χ4n) is 0.750. The van der Waals surface area contributed by atoms with Crippen molar-refractivity contribution < 1.29 is 4.79 Å². The summed E-state index contributed by atoms with van der Waals surface area (Å²) in [7, 11) is 0. The van der Waals surface area contributed by atoms with Crippen molar-refractivity contribution in [2.45, 2.75) is 19.4 Å². The van der Waals surface area contributed by atoms with Gasteiger partial charge in [0.05, 0.1) is 0 Å². The van der Waals surface area contributed by atoms with Gasteiger partial charge >= 0.3 is 6.03 Å². The molecule has 0 unspecified atom stereocenters. The zero-order valence-electron chi connectivity index (χ0n) is 4.90. The van der Waals surface area contributed by atoms with E-state index >= 15 is 0 Å². The van der Waals surface area contributed by atoms with Gasteiger partial charge in [-0.2, -0.15) is 0 Å². The molecule has 2 amide bonds. The van der Waals surface area contributed by atoms with Crippen LogP contribution < -0.4 is 10.6 Å². The smallest absolute Gasteiger partial charge is 0.315 e. The fourth-order valence-corrected chi connectivity index (χ4v) is 0.750. The molecular formula is C5H10N2O. The second kappa shape index (κ2) is 2.03. The second-order valence-electron chi connectivity index (χ2n) is 1.96. The van der Waals surface area contributed by atoms with Gasteiger partial charge in [-0.1, -0.05) is 6.92 Å². The lowest BCUT2D eigenvalue weighted by Gasteiger charge is -2.00. The van der Waals surface area contributed by atoms with E-state index in [4.69, 9.17) is 0 Å². The predicted molar refractivity (Wildman–Crippen MR) is 30.6 cm³/mol. The molecule has 3 heteroatoms. The summed E-state index contributed by atoms with van der Waals surface area (Å²) in [5.74, 6) is 0. The molecule has 1 aliphatic rings. The fraction of sp³-hybridized carbons (Fsp3) is 0.800. The molecule has 46 valence electrons. The first-order chi connectivity index (χ1) is 3.83. The Bertz CT molecular complexity index is 103. The Morgan fingerprint density at radius 3 is 2.88 bits per heavy atom. The standard InChI is InChI=1S/C5H10N2O/c1-2-4-3-6-5(8)7-4/h4H,2-3H2,1H3,(H2,6,7,8)/t4-/m1/s1. The maximum Gasteiger partial charge on any atom is 0.315 e. The highest BCUT2D eigenvalue weighted by Gasteiger charge is 2.16. The zero-order chi connectivity index (χ0) is 5.98. The molecule has 2 N–H and O–H groups in total. The Balaban J connectivity index is 2.32. The lowest BCUT2D eigenvalue weighted by atomic mass is 10.2. The Kier molecular flexibility index (Phi) is 1.37. The maximum absolute atomic E-state index is 10.4. The number of carbonyl (C=O) groups is 1. The first-order valence-corrected chi connectivity index (χ1v) is 2.87. The summed E-state index contributed by atoms with van der Waals surface area (Å²) in [4.78, 5) is 10.4. The summed E-state index contributed by atoms with van der Waals surface area (Å²) in [5, 5.41) is 5.42. The highest BCUT2D eigenvalue weighted by molar-refractivity contribution is 5.76. The number of rotatable bonds is 1. The van der Waals surface area contributed by atoms with Crippen molar-refractivity contribution in [1.82, 2.24) is 10.6 Å². The SMILES string of the molecule is CC[C@@H]1CNC(=O)N1. The van der Waals surface area contributed by atoms with Crippen molar-refractivity contribution in [2.75, 3.05) is 6.54 Å². The number of nitrogens with one attached hydrogen (secondary N) is 2. The lowest BCUT2D eigenvalue weighted by Crippen LogP contribution is -2.25. The molecule has 0 radical (unpaired) electrons. The monoisotopic (exact) mass is 114 g/mol. The van der Waals surface area contributed by atoms with E-state index in [1.807, 2.05) is 0 Å². The van der Waals surface area contributed by atoms with E-state index in [1.165, 1.54) is 0 Å². The highest BCUT2D eigenvalue weighted by atomic mass is 16.2. The minimum Gasteiger partial charge on any atom is -0.336 e.